The highest BCUT2D eigenvalue weighted by Crippen LogP contribution is 2.31. The summed E-state index contributed by atoms with van der Waals surface area (Å²) in [6, 6.07) is 1.82. The fourth-order valence-corrected chi connectivity index (χ4v) is 3.45. The first kappa shape index (κ1) is 18.4. The Kier molecular flexibility index (Phi) is 4.76. The number of fused-ring (bicyclic) bond motifs is 3. The predicted molar refractivity (Wildman–Crippen MR) is 106 cm³/mol. The molecule has 0 atom stereocenters. The standard InChI is InChI=1S/C19H24N6O3/c1-4-27-10-14-23-16-17(25(14)9-11(2)3)15-13(22-18(16)20)7-12(8-21-15)24-5-6-28-19(24)26/h7-8,11H,4-6,9-10H2,1-3H3,(H2,20,22). The van der Waals surface area contributed by atoms with E-state index in [1.54, 1.807) is 11.1 Å². The number of pyridine rings is 2. The fraction of sp³-hybridized carbons (Fsp3) is 0.474. The maximum atomic E-state index is 11.9. The molecule has 1 amide bonds. The van der Waals surface area contributed by atoms with Crippen molar-refractivity contribution in [1.29, 1.82) is 0 Å². The predicted octanol–water partition coefficient (Wildman–Crippen LogP) is 2.71. The first-order chi connectivity index (χ1) is 13.5. The average molecular weight is 384 g/mol. The maximum Gasteiger partial charge on any atom is 0.414 e. The van der Waals surface area contributed by atoms with E-state index in [-0.39, 0.29) is 6.09 Å². The van der Waals surface area contributed by atoms with Crippen molar-refractivity contribution in [2.24, 2.45) is 5.92 Å². The van der Waals surface area contributed by atoms with Crippen molar-refractivity contribution in [2.45, 2.75) is 33.9 Å². The van der Waals surface area contributed by atoms with E-state index in [9.17, 15) is 4.79 Å². The van der Waals surface area contributed by atoms with Gasteiger partial charge in [0, 0.05) is 13.2 Å². The van der Waals surface area contributed by atoms with Crippen LogP contribution in [-0.2, 0) is 22.6 Å². The molecule has 0 saturated carbocycles. The van der Waals surface area contributed by atoms with E-state index in [0.29, 0.717) is 60.3 Å². The van der Waals surface area contributed by atoms with Crippen LogP contribution in [-0.4, -0.2) is 45.4 Å². The topological polar surface area (TPSA) is 108 Å². The average Bonchev–Trinajstić information content (AvgIpc) is 3.24. The molecule has 0 aromatic carbocycles. The van der Waals surface area contributed by atoms with Crippen LogP contribution in [0.5, 0.6) is 0 Å². The van der Waals surface area contributed by atoms with Crippen molar-refractivity contribution in [3.05, 3.63) is 18.1 Å². The molecule has 4 rings (SSSR count). The Hall–Kier alpha value is -2.94. The third-order valence-electron chi connectivity index (χ3n) is 4.66. The molecular weight excluding hydrogens is 360 g/mol. The van der Waals surface area contributed by atoms with Crippen LogP contribution >= 0.6 is 0 Å². The molecule has 9 heteroatoms. The maximum absolute atomic E-state index is 11.9. The lowest BCUT2D eigenvalue weighted by molar-refractivity contribution is 0.125. The molecule has 0 unspecified atom stereocenters. The van der Waals surface area contributed by atoms with E-state index in [2.05, 4.69) is 28.4 Å². The minimum Gasteiger partial charge on any atom is -0.447 e. The fourth-order valence-electron chi connectivity index (χ4n) is 3.45. The van der Waals surface area contributed by atoms with Crippen molar-refractivity contribution in [3.63, 3.8) is 0 Å². The monoisotopic (exact) mass is 384 g/mol. The molecule has 0 spiro atoms. The molecule has 1 aliphatic rings. The van der Waals surface area contributed by atoms with E-state index >= 15 is 0 Å². The molecular formula is C19H24N6O3. The molecule has 0 radical (unpaired) electrons. The van der Waals surface area contributed by atoms with E-state index in [4.69, 9.17) is 20.2 Å². The Morgan fingerprint density at radius 2 is 2.14 bits per heavy atom. The van der Waals surface area contributed by atoms with Crippen LogP contribution in [0.2, 0.25) is 0 Å². The Labute approximate surface area is 162 Å². The van der Waals surface area contributed by atoms with Crippen LogP contribution in [0.15, 0.2) is 12.3 Å². The van der Waals surface area contributed by atoms with Gasteiger partial charge in [-0.1, -0.05) is 13.8 Å². The molecule has 0 aliphatic carbocycles. The van der Waals surface area contributed by atoms with Gasteiger partial charge in [0.05, 0.1) is 23.9 Å². The molecule has 0 bridgehead atoms. The number of carbonyl (C=O) groups is 1. The van der Waals surface area contributed by atoms with Gasteiger partial charge in [0.2, 0.25) is 0 Å². The first-order valence-corrected chi connectivity index (χ1v) is 9.46. The minimum absolute atomic E-state index is 0.339. The van der Waals surface area contributed by atoms with Crippen molar-refractivity contribution in [1.82, 2.24) is 19.5 Å². The summed E-state index contributed by atoms with van der Waals surface area (Å²) < 4.78 is 12.7. The zero-order valence-electron chi connectivity index (χ0n) is 16.3. The van der Waals surface area contributed by atoms with Gasteiger partial charge in [0.25, 0.3) is 0 Å². The summed E-state index contributed by atoms with van der Waals surface area (Å²) >= 11 is 0. The van der Waals surface area contributed by atoms with Crippen LogP contribution in [0, 0.1) is 5.92 Å². The highest BCUT2D eigenvalue weighted by atomic mass is 16.6. The molecule has 3 aromatic heterocycles. The van der Waals surface area contributed by atoms with Crippen molar-refractivity contribution < 1.29 is 14.3 Å². The number of nitrogen functional groups attached to an aromatic ring is 1. The molecule has 1 aliphatic heterocycles. The number of ether oxygens (including phenoxy) is 2. The van der Waals surface area contributed by atoms with Gasteiger partial charge >= 0.3 is 6.09 Å². The van der Waals surface area contributed by atoms with Gasteiger partial charge < -0.3 is 19.8 Å². The molecule has 148 valence electrons. The quantitative estimate of drug-likeness (QED) is 0.696. The second kappa shape index (κ2) is 7.23. The lowest BCUT2D eigenvalue weighted by Gasteiger charge is -2.15. The summed E-state index contributed by atoms with van der Waals surface area (Å²) in [6.07, 6.45) is 1.29. The highest BCUT2D eigenvalue weighted by Gasteiger charge is 2.25. The Bertz CT molecular complexity index is 1050. The van der Waals surface area contributed by atoms with Crippen LogP contribution in [0.3, 0.4) is 0 Å². The van der Waals surface area contributed by atoms with Gasteiger partial charge in [-0.25, -0.2) is 14.8 Å². The van der Waals surface area contributed by atoms with Gasteiger partial charge in [-0.2, -0.15) is 0 Å². The summed E-state index contributed by atoms with van der Waals surface area (Å²) in [5.74, 6) is 1.55. The number of anilines is 2. The number of amides is 1. The van der Waals surface area contributed by atoms with E-state index in [0.717, 1.165) is 17.9 Å². The number of aromatic nitrogens is 4. The number of imidazole rings is 1. The van der Waals surface area contributed by atoms with Crippen molar-refractivity contribution in [3.8, 4) is 0 Å². The summed E-state index contributed by atoms with van der Waals surface area (Å²) in [5.41, 5.74) is 9.68. The Morgan fingerprint density at radius 3 is 2.82 bits per heavy atom. The smallest absolute Gasteiger partial charge is 0.414 e. The van der Waals surface area contributed by atoms with Crippen LogP contribution in [0.1, 0.15) is 26.6 Å². The Morgan fingerprint density at radius 1 is 1.32 bits per heavy atom. The minimum atomic E-state index is -0.376. The number of rotatable bonds is 6. The number of nitrogens with two attached hydrogens (primary N) is 1. The molecule has 1 fully saturated rings. The number of carbonyl (C=O) groups excluding carboxylic acids is 1. The second-order valence-corrected chi connectivity index (χ2v) is 7.19. The normalized spacial score (nSPS) is 14.6. The van der Waals surface area contributed by atoms with E-state index < -0.39 is 0 Å². The second-order valence-electron chi connectivity index (χ2n) is 7.19. The van der Waals surface area contributed by atoms with Gasteiger partial charge in [-0.05, 0) is 18.9 Å². The van der Waals surface area contributed by atoms with Gasteiger partial charge in [-0.15, -0.1) is 0 Å². The van der Waals surface area contributed by atoms with Crippen molar-refractivity contribution in [2.75, 3.05) is 30.4 Å². The zero-order chi connectivity index (χ0) is 19.8. The van der Waals surface area contributed by atoms with E-state index in [1.807, 2.05) is 13.0 Å². The van der Waals surface area contributed by atoms with E-state index in [1.165, 1.54) is 0 Å². The molecule has 4 heterocycles. The van der Waals surface area contributed by atoms with Gasteiger partial charge in [-0.3, -0.25) is 9.88 Å². The zero-order valence-corrected chi connectivity index (χ0v) is 16.3. The Balaban J connectivity index is 1.91. The van der Waals surface area contributed by atoms with Crippen LogP contribution in [0.25, 0.3) is 22.1 Å². The lowest BCUT2D eigenvalue weighted by Crippen LogP contribution is -2.23. The lowest BCUT2D eigenvalue weighted by atomic mass is 10.2. The van der Waals surface area contributed by atoms with Gasteiger partial charge in [0.1, 0.15) is 35.6 Å². The third-order valence-corrected chi connectivity index (χ3v) is 4.66. The number of hydrogen-bond acceptors (Lipinski definition) is 7. The summed E-state index contributed by atoms with van der Waals surface area (Å²) in [7, 11) is 0. The number of hydrogen-bond donors (Lipinski definition) is 1. The van der Waals surface area contributed by atoms with Crippen molar-refractivity contribution >= 4 is 39.7 Å². The molecule has 3 aromatic rings. The summed E-state index contributed by atoms with van der Waals surface area (Å²) in [4.78, 5) is 27.2. The molecule has 2 N–H and O–H groups in total. The summed E-state index contributed by atoms with van der Waals surface area (Å²) in [6.45, 7) is 8.87. The van der Waals surface area contributed by atoms with Crippen LogP contribution < -0.4 is 10.6 Å². The molecule has 1 saturated heterocycles. The number of cyclic esters (lactones) is 1. The molecule has 28 heavy (non-hydrogen) atoms. The SMILES string of the molecule is CCOCc1nc2c(N)nc3cc(N4CCOC4=O)cnc3c2n1CC(C)C. The third kappa shape index (κ3) is 3.11. The van der Waals surface area contributed by atoms with Gasteiger partial charge in [0.15, 0.2) is 5.82 Å². The molecule has 9 nitrogen and oxygen atoms in total. The highest BCUT2D eigenvalue weighted by molar-refractivity contribution is 6.05. The largest absolute Gasteiger partial charge is 0.447 e. The van der Waals surface area contributed by atoms with Crippen LogP contribution in [0.4, 0.5) is 16.3 Å². The summed E-state index contributed by atoms with van der Waals surface area (Å²) in [5, 5.41) is 0. The number of nitrogens with zero attached hydrogens (tertiary/aromatic N) is 5. The first-order valence-electron chi connectivity index (χ1n) is 9.46.